The average molecular weight is 248 g/mol. The van der Waals surface area contributed by atoms with Crippen molar-refractivity contribution in [3.8, 4) is 5.75 Å². The minimum atomic E-state index is 0.310. The van der Waals surface area contributed by atoms with E-state index in [0.717, 1.165) is 12.2 Å². The number of aryl methyl sites for hydroxylation is 1. The highest BCUT2D eigenvalue weighted by molar-refractivity contribution is 5.77. The van der Waals surface area contributed by atoms with Crippen molar-refractivity contribution in [3.05, 3.63) is 29.3 Å². The molecule has 0 saturated carbocycles. The lowest BCUT2D eigenvalue weighted by molar-refractivity contribution is -0.118. The van der Waals surface area contributed by atoms with Crippen LogP contribution in [0.3, 0.4) is 0 Å². The van der Waals surface area contributed by atoms with Gasteiger partial charge in [0.05, 0.1) is 6.61 Å². The van der Waals surface area contributed by atoms with Gasteiger partial charge in [0.1, 0.15) is 11.5 Å². The summed E-state index contributed by atoms with van der Waals surface area (Å²) in [6.45, 7) is 9.02. The van der Waals surface area contributed by atoms with Gasteiger partial charge >= 0.3 is 0 Å². The van der Waals surface area contributed by atoms with Crippen molar-refractivity contribution in [1.82, 2.24) is 0 Å². The third-order valence-electron chi connectivity index (χ3n) is 3.13. The van der Waals surface area contributed by atoms with Gasteiger partial charge < -0.3 is 4.74 Å². The van der Waals surface area contributed by atoms with E-state index in [1.807, 2.05) is 13.0 Å². The summed E-state index contributed by atoms with van der Waals surface area (Å²) >= 11 is 0. The molecular weight excluding hydrogens is 224 g/mol. The molecule has 1 aromatic carbocycles. The van der Waals surface area contributed by atoms with Crippen LogP contribution in [0.15, 0.2) is 18.2 Å². The van der Waals surface area contributed by atoms with E-state index in [4.69, 9.17) is 4.74 Å². The Morgan fingerprint density at radius 3 is 2.61 bits per heavy atom. The highest BCUT2D eigenvalue weighted by Gasteiger charge is 2.05. The molecule has 0 unspecified atom stereocenters. The van der Waals surface area contributed by atoms with Crippen molar-refractivity contribution in [2.75, 3.05) is 6.61 Å². The number of rotatable bonds is 7. The Bertz CT molecular complexity index is 394. The lowest BCUT2D eigenvalue weighted by Crippen LogP contribution is -2.02. The number of Topliss-reactive ketones (excluding diaryl/α,β-unsaturated/α-hetero) is 1. The maximum absolute atomic E-state index is 11.1. The molecule has 1 rings (SSSR count). The molecule has 0 amide bonds. The molecule has 0 bridgehead atoms. The third-order valence-corrected chi connectivity index (χ3v) is 3.13. The maximum Gasteiger partial charge on any atom is 0.132 e. The number of benzene rings is 1. The SMILES string of the molecule is CCC(=O)CCCOc1ccc(C(C)C)c(C)c1. The normalized spacial score (nSPS) is 10.7. The standard InChI is InChI=1S/C16H24O2/c1-5-14(17)7-6-10-18-15-8-9-16(12(2)3)13(4)11-15/h8-9,11-12H,5-7,10H2,1-4H3. The van der Waals surface area contributed by atoms with Gasteiger partial charge in [-0.15, -0.1) is 0 Å². The van der Waals surface area contributed by atoms with Crippen molar-refractivity contribution >= 4 is 5.78 Å². The summed E-state index contributed by atoms with van der Waals surface area (Å²) in [6, 6.07) is 6.23. The summed E-state index contributed by atoms with van der Waals surface area (Å²) in [4.78, 5) is 11.1. The average Bonchev–Trinajstić information content (AvgIpc) is 2.34. The Labute approximate surface area is 110 Å². The molecule has 1 aromatic rings. The first kappa shape index (κ1) is 14.7. The third kappa shape index (κ3) is 4.52. The minimum absolute atomic E-state index is 0.310. The van der Waals surface area contributed by atoms with Crippen molar-refractivity contribution in [3.63, 3.8) is 0 Å². The summed E-state index contributed by atoms with van der Waals surface area (Å²) in [5, 5.41) is 0. The van der Waals surface area contributed by atoms with E-state index in [9.17, 15) is 4.79 Å². The number of hydrogen-bond donors (Lipinski definition) is 0. The van der Waals surface area contributed by atoms with Crippen LogP contribution in [0.2, 0.25) is 0 Å². The van der Waals surface area contributed by atoms with Crippen LogP contribution < -0.4 is 4.74 Å². The van der Waals surface area contributed by atoms with Crippen LogP contribution in [0.4, 0.5) is 0 Å². The summed E-state index contributed by atoms with van der Waals surface area (Å²) < 4.78 is 5.66. The zero-order valence-corrected chi connectivity index (χ0v) is 12.0. The zero-order chi connectivity index (χ0) is 13.5. The van der Waals surface area contributed by atoms with Crippen LogP contribution in [0, 0.1) is 6.92 Å². The molecule has 0 spiro atoms. The topological polar surface area (TPSA) is 26.3 Å². The van der Waals surface area contributed by atoms with Crippen LogP contribution in [-0.2, 0) is 4.79 Å². The Morgan fingerprint density at radius 1 is 1.33 bits per heavy atom. The van der Waals surface area contributed by atoms with Crippen LogP contribution in [-0.4, -0.2) is 12.4 Å². The predicted octanol–water partition coefficient (Wildman–Crippen LogP) is 4.26. The molecular formula is C16H24O2. The first-order valence-electron chi connectivity index (χ1n) is 6.79. The molecule has 18 heavy (non-hydrogen) atoms. The van der Waals surface area contributed by atoms with Crippen LogP contribution in [0.25, 0.3) is 0 Å². The van der Waals surface area contributed by atoms with E-state index in [1.54, 1.807) is 0 Å². The van der Waals surface area contributed by atoms with Gasteiger partial charge in [-0.3, -0.25) is 4.79 Å². The number of carbonyl (C=O) groups is 1. The predicted molar refractivity (Wildman–Crippen MR) is 75.3 cm³/mol. The minimum Gasteiger partial charge on any atom is -0.494 e. The fourth-order valence-corrected chi connectivity index (χ4v) is 2.02. The highest BCUT2D eigenvalue weighted by atomic mass is 16.5. The summed E-state index contributed by atoms with van der Waals surface area (Å²) in [7, 11) is 0. The smallest absolute Gasteiger partial charge is 0.132 e. The fourth-order valence-electron chi connectivity index (χ4n) is 2.02. The van der Waals surface area contributed by atoms with E-state index >= 15 is 0 Å². The summed E-state index contributed by atoms with van der Waals surface area (Å²) in [5.74, 6) is 1.76. The highest BCUT2D eigenvalue weighted by Crippen LogP contribution is 2.23. The Kier molecular flexibility index (Phi) is 5.90. The van der Waals surface area contributed by atoms with Crippen LogP contribution >= 0.6 is 0 Å². The molecule has 0 atom stereocenters. The lowest BCUT2D eigenvalue weighted by atomic mass is 9.98. The molecule has 0 fully saturated rings. The molecule has 0 N–H and O–H groups in total. The van der Waals surface area contributed by atoms with Crippen LogP contribution in [0.5, 0.6) is 5.75 Å². The molecule has 2 heteroatoms. The summed E-state index contributed by atoms with van der Waals surface area (Å²) in [5.41, 5.74) is 2.63. The Hall–Kier alpha value is -1.31. The van der Waals surface area contributed by atoms with E-state index in [0.29, 0.717) is 31.1 Å². The largest absolute Gasteiger partial charge is 0.494 e. The molecule has 2 nitrogen and oxygen atoms in total. The molecule has 0 aromatic heterocycles. The van der Waals surface area contributed by atoms with Gasteiger partial charge in [-0.05, 0) is 42.5 Å². The number of ether oxygens (including phenoxy) is 1. The molecule has 0 radical (unpaired) electrons. The molecule has 100 valence electrons. The Balaban J connectivity index is 2.44. The van der Waals surface area contributed by atoms with Crippen LogP contribution in [0.1, 0.15) is 57.1 Å². The second-order valence-electron chi connectivity index (χ2n) is 5.02. The van der Waals surface area contributed by atoms with Gasteiger partial charge in [-0.25, -0.2) is 0 Å². The first-order chi connectivity index (χ1) is 8.54. The van der Waals surface area contributed by atoms with Gasteiger partial charge in [0, 0.05) is 12.8 Å². The van der Waals surface area contributed by atoms with Gasteiger partial charge in [0.25, 0.3) is 0 Å². The van der Waals surface area contributed by atoms with Crippen molar-refractivity contribution < 1.29 is 9.53 Å². The maximum atomic E-state index is 11.1. The Morgan fingerprint density at radius 2 is 2.06 bits per heavy atom. The van der Waals surface area contributed by atoms with Gasteiger partial charge in [-0.2, -0.15) is 0 Å². The molecule has 0 heterocycles. The second-order valence-corrected chi connectivity index (χ2v) is 5.02. The van der Waals surface area contributed by atoms with Crippen molar-refractivity contribution in [2.45, 2.75) is 52.9 Å². The second kappa shape index (κ2) is 7.20. The van der Waals surface area contributed by atoms with E-state index in [-0.39, 0.29) is 0 Å². The van der Waals surface area contributed by atoms with E-state index < -0.39 is 0 Å². The lowest BCUT2D eigenvalue weighted by Gasteiger charge is -2.12. The monoisotopic (exact) mass is 248 g/mol. The fraction of sp³-hybridized carbons (Fsp3) is 0.562. The van der Waals surface area contributed by atoms with Gasteiger partial charge in [0.2, 0.25) is 0 Å². The number of ketones is 1. The molecule has 0 aliphatic carbocycles. The van der Waals surface area contributed by atoms with E-state index in [2.05, 4.69) is 32.9 Å². The van der Waals surface area contributed by atoms with E-state index in [1.165, 1.54) is 11.1 Å². The number of carbonyl (C=O) groups excluding carboxylic acids is 1. The van der Waals surface area contributed by atoms with Crippen molar-refractivity contribution in [2.24, 2.45) is 0 Å². The van der Waals surface area contributed by atoms with Gasteiger partial charge in [0.15, 0.2) is 0 Å². The first-order valence-corrected chi connectivity index (χ1v) is 6.79. The quantitative estimate of drug-likeness (QED) is 0.674. The molecule has 0 aliphatic heterocycles. The van der Waals surface area contributed by atoms with Gasteiger partial charge in [-0.1, -0.05) is 26.8 Å². The van der Waals surface area contributed by atoms with Crippen molar-refractivity contribution in [1.29, 1.82) is 0 Å². The molecule has 0 saturated heterocycles. The summed E-state index contributed by atoms with van der Waals surface area (Å²) in [6.07, 6.45) is 2.05. The number of hydrogen-bond acceptors (Lipinski definition) is 2. The molecule has 0 aliphatic rings. The zero-order valence-electron chi connectivity index (χ0n) is 12.0.